The van der Waals surface area contributed by atoms with Crippen LogP contribution in [0.15, 0.2) is 20.0 Å². The largest absolute Gasteiger partial charge is 0.378 e. The molecule has 0 aromatic heterocycles. The van der Waals surface area contributed by atoms with Crippen molar-refractivity contribution >= 4 is 34.9 Å². The minimum absolute atomic E-state index is 0.180. The van der Waals surface area contributed by atoms with Crippen LogP contribution in [0.25, 0.3) is 0 Å². The lowest BCUT2D eigenvalue weighted by molar-refractivity contribution is 0.0673. The molecule has 0 bridgehead atoms. The second-order valence-corrected chi connectivity index (χ2v) is 3.94. The summed E-state index contributed by atoms with van der Waals surface area (Å²) in [6, 6.07) is -0.180. The summed E-state index contributed by atoms with van der Waals surface area (Å²) in [4.78, 5) is 18.7. The van der Waals surface area contributed by atoms with Crippen molar-refractivity contribution < 1.29 is 4.74 Å². The monoisotopic (exact) mass is 239 g/mol. The molecule has 84 valence electrons. The minimum atomic E-state index is -0.180. The standard InChI is InChI=1S/C9H10ClN5O/c10-9-13-7-6(11-5-12-7)8(14-9)15-1-3-16-4-2-15/h5-6H,1-4H2. The summed E-state index contributed by atoms with van der Waals surface area (Å²) in [5.74, 6) is 1.46. The van der Waals surface area contributed by atoms with Crippen molar-refractivity contribution in [3.05, 3.63) is 0 Å². The molecule has 1 saturated heterocycles. The molecular weight excluding hydrogens is 230 g/mol. The Morgan fingerprint density at radius 2 is 2.12 bits per heavy atom. The fourth-order valence-corrected chi connectivity index (χ4v) is 2.05. The van der Waals surface area contributed by atoms with E-state index >= 15 is 0 Å². The van der Waals surface area contributed by atoms with Crippen LogP contribution in [0.3, 0.4) is 0 Å². The van der Waals surface area contributed by atoms with E-state index in [1.54, 1.807) is 0 Å². The van der Waals surface area contributed by atoms with E-state index in [4.69, 9.17) is 16.3 Å². The Balaban J connectivity index is 1.90. The summed E-state index contributed by atoms with van der Waals surface area (Å²) in [7, 11) is 0. The van der Waals surface area contributed by atoms with Crippen molar-refractivity contribution in [2.45, 2.75) is 6.04 Å². The van der Waals surface area contributed by atoms with Gasteiger partial charge in [0.2, 0.25) is 5.29 Å². The zero-order chi connectivity index (χ0) is 11.0. The van der Waals surface area contributed by atoms with Gasteiger partial charge in [0.15, 0.2) is 11.9 Å². The molecule has 3 heterocycles. The quantitative estimate of drug-likeness (QED) is 0.565. The molecule has 0 aromatic rings. The van der Waals surface area contributed by atoms with Gasteiger partial charge in [0.25, 0.3) is 0 Å². The number of hydrogen-bond acceptors (Lipinski definition) is 6. The molecule has 0 amide bonds. The van der Waals surface area contributed by atoms with Gasteiger partial charge in [0.05, 0.1) is 13.2 Å². The van der Waals surface area contributed by atoms with Crippen LogP contribution in [0.2, 0.25) is 0 Å². The van der Waals surface area contributed by atoms with Gasteiger partial charge in [-0.05, 0) is 11.6 Å². The molecule has 3 aliphatic heterocycles. The molecule has 0 aromatic carbocycles. The Hall–Kier alpha value is -1.27. The van der Waals surface area contributed by atoms with E-state index in [0.717, 1.165) is 18.9 Å². The first-order valence-corrected chi connectivity index (χ1v) is 5.47. The van der Waals surface area contributed by atoms with Crippen molar-refractivity contribution in [1.82, 2.24) is 4.90 Å². The predicted octanol–water partition coefficient (Wildman–Crippen LogP) is 0.135. The predicted molar refractivity (Wildman–Crippen MR) is 62.8 cm³/mol. The Labute approximate surface area is 97.4 Å². The molecule has 1 fully saturated rings. The number of aliphatic imine (C=N–C) groups is 4. The van der Waals surface area contributed by atoms with Crippen LogP contribution in [0.5, 0.6) is 0 Å². The first kappa shape index (κ1) is 9.92. The van der Waals surface area contributed by atoms with Gasteiger partial charge < -0.3 is 9.64 Å². The van der Waals surface area contributed by atoms with E-state index in [1.165, 1.54) is 6.34 Å². The third kappa shape index (κ3) is 1.64. The van der Waals surface area contributed by atoms with Crippen LogP contribution in [-0.2, 0) is 4.74 Å². The molecular formula is C9H10ClN5O. The first-order chi connectivity index (χ1) is 7.84. The zero-order valence-corrected chi connectivity index (χ0v) is 9.26. The highest BCUT2D eigenvalue weighted by molar-refractivity contribution is 6.67. The molecule has 7 heteroatoms. The Morgan fingerprint density at radius 1 is 1.31 bits per heavy atom. The topological polar surface area (TPSA) is 61.9 Å². The van der Waals surface area contributed by atoms with Crippen LogP contribution in [0, 0.1) is 0 Å². The van der Waals surface area contributed by atoms with Gasteiger partial charge in [-0.3, -0.25) is 4.99 Å². The van der Waals surface area contributed by atoms with E-state index in [9.17, 15) is 0 Å². The summed E-state index contributed by atoms with van der Waals surface area (Å²) < 4.78 is 5.30. The van der Waals surface area contributed by atoms with Gasteiger partial charge in [-0.1, -0.05) is 0 Å². The summed E-state index contributed by atoms with van der Waals surface area (Å²) >= 11 is 5.87. The lowest BCUT2D eigenvalue weighted by atomic mass is 10.2. The third-order valence-corrected chi connectivity index (χ3v) is 2.81. The molecule has 16 heavy (non-hydrogen) atoms. The van der Waals surface area contributed by atoms with E-state index in [1.807, 2.05) is 0 Å². The van der Waals surface area contributed by atoms with E-state index in [-0.39, 0.29) is 11.3 Å². The fourth-order valence-electron chi connectivity index (χ4n) is 1.88. The second-order valence-electron chi connectivity index (χ2n) is 3.60. The number of morpholine rings is 1. The fraction of sp³-hybridized carbons (Fsp3) is 0.556. The molecule has 0 aliphatic carbocycles. The summed E-state index contributed by atoms with van der Waals surface area (Å²) in [5, 5.41) is 0.224. The highest BCUT2D eigenvalue weighted by Crippen LogP contribution is 2.16. The molecule has 0 radical (unpaired) electrons. The second kappa shape index (κ2) is 3.95. The van der Waals surface area contributed by atoms with Crippen molar-refractivity contribution in [3.63, 3.8) is 0 Å². The molecule has 3 rings (SSSR count). The maximum Gasteiger partial charge on any atom is 0.225 e. The molecule has 1 unspecified atom stereocenters. The van der Waals surface area contributed by atoms with Gasteiger partial charge in [-0.25, -0.2) is 9.98 Å². The molecule has 0 saturated carbocycles. The van der Waals surface area contributed by atoms with E-state index < -0.39 is 0 Å². The summed E-state index contributed by atoms with van der Waals surface area (Å²) in [5.41, 5.74) is 0. The maximum atomic E-state index is 5.87. The normalized spacial score (nSPS) is 28.4. The SMILES string of the molecule is ClC1=NC2=NC=NC2C(N2CCOCC2)=N1. The lowest BCUT2D eigenvalue weighted by Crippen LogP contribution is -2.48. The summed E-state index contributed by atoms with van der Waals surface area (Å²) in [6.45, 7) is 3.03. The van der Waals surface area contributed by atoms with Crippen LogP contribution in [0.1, 0.15) is 0 Å². The lowest BCUT2D eigenvalue weighted by Gasteiger charge is -2.32. The third-order valence-electron chi connectivity index (χ3n) is 2.64. The average molecular weight is 240 g/mol. The highest BCUT2D eigenvalue weighted by Gasteiger charge is 2.32. The molecule has 1 atom stereocenters. The van der Waals surface area contributed by atoms with Crippen LogP contribution >= 0.6 is 11.6 Å². The molecule has 6 nitrogen and oxygen atoms in total. The molecule has 0 spiro atoms. The van der Waals surface area contributed by atoms with Crippen molar-refractivity contribution in [2.24, 2.45) is 20.0 Å². The minimum Gasteiger partial charge on any atom is -0.378 e. The van der Waals surface area contributed by atoms with E-state index in [2.05, 4.69) is 24.9 Å². The number of halogens is 1. The number of nitrogens with zero attached hydrogens (tertiary/aromatic N) is 5. The van der Waals surface area contributed by atoms with Crippen molar-refractivity contribution in [2.75, 3.05) is 26.3 Å². The molecule has 0 N–H and O–H groups in total. The maximum absolute atomic E-state index is 5.87. The Bertz CT molecular complexity index is 422. The number of amidine groups is 3. The average Bonchev–Trinajstić information content (AvgIpc) is 2.77. The number of ether oxygens (including phenoxy) is 1. The number of rotatable bonds is 0. The van der Waals surface area contributed by atoms with Gasteiger partial charge in [-0.15, -0.1) is 0 Å². The Morgan fingerprint density at radius 3 is 2.94 bits per heavy atom. The Kier molecular flexibility index (Phi) is 2.45. The van der Waals surface area contributed by atoms with Gasteiger partial charge in [0, 0.05) is 13.1 Å². The first-order valence-electron chi connectivity index (χ1n) is 5.09. The van der Waals surface area contributed by atoms with Crippen molar-refractivity contribution in [1.29, 1.82) is 0 Å². The van der Waals surface area contributed by atoms with Crippen LogP contribution in [-0.4, -0.2) is 60.5 Å². The van der Waals surface area contributed by atoms with E-state index in [0.29, 0.717) is 19.0 Å². The zero-order valence-electron chi connectivity index (χ0n) is 8.51. The number of hydrogen-bond donors (Lipinski definition) is 0. The van der Waals surface area contributed by atoms with Gasteiger partial charge in [0.1, 0.15) is 12.2 Å². The highest BCUT2D eigenvalue weighted by atomic mass is 35.5. The van der Waals surface area contributed by atoms with Crippen molar-refractivity contribution in [3.8, 4) is 0 Å². The van der Waals surface area contributed by atoms with Crippen LogP contribution < -0.4 is 0 Å². The summed E-state index contributed by atoms with van der Waals surface area (Å²) in [6.07, 6.45) is 1.51. The molecule has 3 aliphatic rings. The van der Waals surface area contributed by atoms with Crippen LogP contribution in [0.4, 0.5) is 0 Å². The van der Waals surface area contributed by atoms with Gasteiger partial charge >= 0.3 is 0 Å². The smallest absolute Gasteiger partial charge is 0.225 e. The van der Waals surface area contributed by atoms with Gasteiger partial charge in [-0.2, -0.15) is 4.99 Å². The number of fused-ring (bicyclic) bond motifs is 1.